The molecule has 0 saturated carbocycles. The van der Waals surface area contributed by atoms with Crippen molar-refractivity contribution < 1.29 is 4.52 Å². The summed E-state index contributed by atoms with van der Waals surface area (Å²) < 4.78 is 5.48. The van der Waals surface area contributed by atoms with E-state index in [4.69, 9.17) is 4.52 Å². The van der Waals surface area contributed by atoms with Gasteiger partial charge in [-0.3, -0.25) is 4.90 Å². The molecule has 126 valence electrons. The molecule has 0 aliphatic rings. The third kappa shape index (κ3) is 3.49. The van der Waals surface area contributed by atoms with E-state index < -0.39 is 0 Å². The molecule has 0 spiro atoms. The first kappa shape index (κ1) is 16.7. The Balaban J connectivity index is 1.75. The highest BCUT2D eigenvalue weighted by Gasteiger charge is 2.24. The average molecular weight is 323 g/mol. The lowest BCUT2D eigenvalue weighted by molar-refractivity contribution is 0.202. The Morgan fingerprint density at radius 1 is 1.08 bits per heavy atom. The molecule has 0 N–H and O–H groups in total. The van der Waals surface area contributed by atoms with Gasteiger partial charge in [0.15, 0.2) is 5.82 Å². The molecule has 4 nitrogen and oxygen atoms in total. The summed E-state index contributed by atoms with van der Waals surface area (Å²) in [5.74, 6) is 1.42. The van der Waals surface area contributed by atoms with E-state index in [1.165, 1.54) is 16.3 Å². The van der Waals surface area contributed by atoms with Gasteiger partial charge in [0, 0.05) is 12.0 Å². The molecule has 1 aromatic heterocycles. The van der Waals surface area contributed by atoms with E-state index >= 15 is 0 Å². The zero-order chi connectivity index (χ0) is 17.3. The van der Waals surface area contributed by atoms with E-state index in [1.54, 1.807) is 0 Å². The Labute approximate surface area is 143 Å². The summed E-state index contributed by atoms with van der Waals surface area (Å²) in [6, 6.07) is 15.1. The van der Waals surface area contributed by atoms with Gasteiger partial charge in [0.05, 0.1) is 6.04 Å². The van der Waals surface area contributed by atoms with Crippen LogP contribution in [-0.4, -0.2) is 22.1 Å². The van der Waals surface area contributed by atoms with Crippen molar-refractivity contribution in [1.29, 1.82) is 0 Å². The van der Waals surface area contributed by atoms with Crippen molar-refractivity contribution in [2.75, 3.05) is 7.05 Å². The number of benzene rings is 2. The van der Waals surface area contributed by atoms with Gasteiger partial charge in [-0.1, -0.05) is 62.3 Å². The second kappa shape index (κ2) is 6.36. The second-order valence-electron chi connectivity index (χ2n) is 7.48. The number of hydrogen-bond donors (Lipinski definition) is 0. The molecule has 3 rings (SSSR count). The summed E-state index contributed by atoms with van der Waals surface area (Å²) in [7, 11) is 2.08. The molecule has 0 aliphatic heterocycles. The number of aromatic nitrogens is 2. The number of hydrogen-bond acceptors (Lipinski definition) is 4. The third-order valence-electron chi connectivity index (χ3n) is 4.38. The molecule has 0 amide bonds. The van der Waals surface area contributed by atoms with Crippen LogP contribution in [-0.2, 0) is 12.0 Å². The summed E-state index contributed by atoms with van der Waals surface area (Å²) in [5, 5.41) is 6.66. The standard InChI is InChI=1S/C20H25N3O/c1-14(18-21-19(22-24-18)20(2,3)4)23(5)13-15-10-11-16-8-6-7-9-17(16)12-15/h6-12,14H,13H2,1-5H3. The van der Waals surface area contributed by atoms with Crippen LogP contribution in [0.5, 0.6) is 0 Å². The van der Waals surface area contributed by atoms with Gasteiger partial charge in [-0.25, -0.2) is 0 Å². The normalized spacial score (nSPS) is 13.6. The topological polar surface area (TPSA) is 42.2 Å². The van der Waals surface area contributed by atoms with Gasteiger partial charge in [-0.05, 0) is 36.4 Å². The molecule has 0 fully saturated rings. The summed E-state index contributed by atoms with van der Waals surface area (Å²) in [4.78, 5) is 6.80. The first-order chi connectivity index (χ1) is 11.3. The van der Waals surface area contributed by atoms with Crippen LogP contribution in [0.25, 0.3) is 10.8 Å². The lowest BCUT2D eigenvalue weighted by Crippen LogP contribution is -2.22. The fourth-order valence-corrected chi connectivity index (χ4v) is 2.66. The SMILES string of the molecule is CC(c1nc(C(C)(C)C)no1)N(C)Cc1ccc2ccccc2c1. The molecule has 4 heteroatoms. The van der Waals surface area contributed by atoms with Gasteiger partial charge >= 0.3 is 0 Å². The van der Waals surface area contributed by atoms with Gasteiger partial charge in [0.25, 0.3) is 0 Å². The van der Waals surface area contributed by atoms with Crippen LogP contribution in [0.2, 0.25) is 0 Å². The van der Waals surface area contributed by atoms with Crippen LogP contribution in [0.3, 0.4) is 0 Å². The van der Waals surface area contributed by atoms with Gasteiger partial charge in [-0.2, -0.15) is 4.98 Å². The maximum Gasteiger partial charge on any atom is 0.243 e. The highest BCUT2D eigenvalue weighted by atomic mass is 16.5. The van der Waals surface area contributed by atoms with Gasteiger partial charge in [0.1, 0.15) is 0 Å². The van der Waals surface area contributed by atoms with Crippen molar-refractivity contribution >= 4 is 10.8 Å². The lowest BCUT2D eigenvalue weighted by Gasteiger charge is -2.22. The van der Waals surface area contributed by atoms with Crippen LogP contribution < -0.4 is 0 Å². The quantitative estimate of drug-likeness (QED) is 0.697. The van der Waals surface area contributed by atoms with Gasteiger partial charge < -0.3 is 4.52 Å². The maximum atomic E-state index is 5.48. The fourth-order valence-electron chi connectivity index (χ4n) is 2.66. The van der Waals surface area contributed by atoms with Crippen LogP contribution in [0.15, 0.2) is 47.0 Å². The minimum absolute atomic E-state index is 0.0695. The van der Waals surface area contributed by atoms with Crippen molar-refractivity contribution in [2.24, 2.45) is 0 Å². The predicted molar refractivity (Wildman–Crippen MR) is 96.8 cm³/mol. The number of nitrogens with zero attached hydrogens (tertiary/aromatic N) is 3. The average Bonchev–Trinajstić information content (AvgIpc) is 3.04. The third-order valence-corrected chi connectivity index (χ3v) is 4.38. The summed E-state index contributed by atoms with van der Waals surface area (Å²) >= 11 is 0. The Bertz CT molecular complexity index is 832. The zero-order valence-electron chi connectivity index (χ0n) is 15.1. The molecule has 1 unspecified atom stereocenters. The number of fused-ring (bicyclic) bond motifs is 1. The van der Waals surface area contributed by atoms with Crippen LogP contribution >= 0.6 is 0 Å². The van der Waals surface area contributed by atoms with Crippen LogP contribution in [0.1, 0.15) is 51.0 Å². The molecule has 0 radical (unpaired) electrons. The molecule has 3 aromatic rings. The van der Waals surface area contributed by atoms with E-state index in [0.29, 0.717) is 5.89 Å². The summed E-state index contributed by atoms with van der Waals surface area (Å²) in [5.41, 5.74) is 1.18. The molecular weight excluding hydrogens is 298 g/mol. The fraction of sp³-hybridized carbons (Fsp3) is 0.400. The molecule has 1 atom stereocenters. The molecular formula is C20H25N3O. The summed E-state index contributed by atoms with van der Waals surface area (Å²) in [6.45, 7) is 9.20. The van der Waals surface area contributed by atoms with Crippen molar-refractivity contribution in [3.8, 4) is 0 Å². The molecule has 2 aromatic carbocycles. The van der Waals surface area contributed by atoms with Crippen molar-refractivity contribution in [2.45, 2.75) is 45.7 Å². The lowest BCUT2D eigenvalue weighted by atomic mass is 9.96. The predicted octanol–water partition coefficient (Wildman–Crippen LogP) is 4.71. The highest BCUT2D eigenvalue weighted by molar-refractivity contribution is 5.82. The van der Waals surface area contributed by atoms with Gasteiger partial charge in [0.2, 0.25) is 5.89 Å². The summed E-state index contributed by atoms with van der Waals surface area (Å²) in [6.07, 6.45) is 0. The smallest absolute Gasteiger partial charge is 0.243 e. The molecule has 1 heterocycles. The van der Waals surface area contributed by atoms with E-state index in [1.807, 2.05) is 0 Å². The Morgan fingerprint density at radius 2 is 1.79 bits per heavy atom. The molecule has 0 aliphatic carbocycles. The van der Waals surface area contributed by atoms with E-state index in [9.17, 15) is 0 Å². The van der Waals surface area contributed by atoms with Crippen LogP contribution in [0.4, 0.5) is 0 Å². The second-order valence-corrected chi connectivity index (χ2v) is 7.48. The van der Waals surface area contributed by atoms with Crippen molar-refractivity contribution in [3.05, 3.63) is 59.7 Å². The molecule has 24 heavy (non-hydrogen) atoms. The number of rotatable bonds is 4. The van der Waals surface area contributed by atoms with E-state index in [2.05, 4.69) is 92.2 Å². The first-order valence-corrected chi connectivity index (χ1v) is 8.36. The minimum atomic E-state index is -0.0988. The van der Waals surface area contributed by atoms with E-state index in [-0.39, 0.29) is 11.5 Å². The Kier molecular flexibility index (Phi) is 4.41. The Hall–Kier alpha value is -2.20. The molecule has 0 bridgehead atoms. The van der Waals surface area contributed by atoms with Crippen LogP contribution in [0, 0.1) is 0 Å². The first-order valence-electron chi connectivity index (χ1n) is 8.36. The van der Waals surface area contributed by atoms with Crippen molar-refractivity contribution in [1.82, 2.24) is 15.0 Å². The zero-order valence-corrected chi connectivity index (χ0v) is 15.1. The Morgan fingerprint density at radius 3 is 2.46 bits per heavy atom. The largest absolute Gasteiger partial charge is 0.338 e. The van der Waals surface area contributed by atoms with E-state index in [0.717, 1.165) is 12.4 Å². The molecule has 0 saturated heterocycles. The van der Waals surface area contributed by atoms with Gasteiger partial charge in [-0.15, -0.1) is 0 Å². The highest BCUT2D eigenvalue weighted by Crippen LogP contribution is 2.24. The van der Waals surface area contributed by atoms with Crippen molar-refractivity contribution in [3.63, 3.8) is 0 Å². The maximum absolute atomic E-state index is 5.48. The monoisotopic (exact) mass is 323 g/mol. The minimum Gasteiger partial charge on any atom is -0.338 e.